The highest BCUT2D eigenvalue weighted by Gasteiger charge is 2.41. The minimum absolute atomic E-state index is 0.555. The maximum atomic E-state index is 5.91. The molecule has 0 aromatic rings. The van der Waals surface area contributed by atoms with E-state index in [2.05, 4.69) is 12.2 Å². The van der Waals surface area contributed by atoms with Gasteiger partial charge in [0.25, 0.3) is 0 Å². The van der Waals surface area contributed by atoms with E-state index in [1.807, 2.05) is 0 Å². The Hall–Kier alpha value is -0.0800. The third-order valence-corrected chi connectivity index (χ3v) is 5.10. The molecule has 2 saturated carbocycles. The summed E-state index contributed by atoms with van der Waals surface area (Å²) in [6.45, 7) is 3.33. The molecule has 2 nitrogen and oxygen atoms in total. The lowest BCUT2D eigenvalue weighted by Crippen LogP contribution is -2.45. The van der Waals surface area contributed by atoms with Crippen molar-refractivity contribution in [2.45, 2.75) is 76.5 Å². The molecule has 3 fully saturated rings. The summed E-state index contributed by atoms with van der Waals surface area (Å²) < 4.78 is 5.91. The third kappa shape index (κ3) is 2.85. The van der Waals surface area contributed by atoms with E-state index in [4.69, 9.17) is 4.74 Å². The fourth-order valence-electron chi connectivity index (χ4n) is 3.72. The molecule has 3 aliphatic rings. The Bertz CT molecular complexity index is 243. The molecule has 2 atom stereocenters. The number of hydrogen-bond donors (Lipinski definition) is 1. The van der Waals surface area contributed by atoms with Gasteiger partial charge in [-0.15, -0.1) is 0 Å². The topological polar surface area (TPSA) is 21.3 Å². The molecule has 0 radical (unpaired) electrons. The van der Waals surface area contributed by atoms with Crippen LogP contribution in [0.25, 0.3) is 0 Å². The molecule has 0 aromatic carbocycles. The lowest BCUT2D eigenvalue weighted by molar-refractivity contribution is 0.0768. The second-order valence-electron chi connectivity index (χ2n) is 6.36. The summed E-state index contributed by atoms with van der Waals surface area (Å²) in [4.78, 5) is 0. The van der Waals surface area contributed by atoms with E-state index < -0.39 is 0 Å². The first-order valence-corrected chi connectivity index (χ1v) is 7.74. The Kier molecular flexibility index (Phi) is 3.72. The van der Waals surface area contributed by atoms with Crippen LogP contribution in [0.4, 0.5) is 0 Å². The summed E-state index contributed by atoms with van der Waals surface area (Å²) in [5, 5.41) is 3.91. The van der Waals surface area contributed by atoms with Crippen molar-refractivity contribution in [2.24, 2.45) is 11.8 Å². The quantitative estimate of drug-likeness (QED) is 0.811. The van der Waals surface area contributed by atoms with E-state index in [-0.39, 0.29) is 0 Å². The molecule has 0 aromatic heterocycles. The Labute approximate surface area is 105 Å². The van der Waals surface area contributed by atoms with Gasteiger partial charge in [-0.3, -0.25) is 0 Å². The number of rotatable bonds is 4. The van der Waals surface area contributed by atoms with Crippen molar-refractivity contribution >= 4 is 0 Å². The summed E-state index contributed by atoms with van der Waals surface area (Å²) in [5.74, 6) is 1.90. The van der Waals surface area contributed by atoms with Crippen LogP contribution in [0, 0.1) is 11.8 Å². The van der Waals surface area contributed by atoms with Gasteiger partial charge < -0.3 is 10.1 Å². The number of hydrogen-bond acceptors (Lipinski definition) is 2. The molecular formula is C15H27NO. The average molecular weight is 237 g/mol. The summed E-state index contributed by atoms with van der Waals surface area (Å²) >= 11 is 0. The van der Waals surface area contributed by atoms with Crippen molar-refractivity contribution < 1.29 is 4.74 Å². The van der Waals surface area contributed by atoms with Gasteiger partial charge in [0.05, 0.1) is 6.10 Å². The van der Waals surface area contributed by atoms with Crippen LogP contribution in [-0.2, 0) is 4.74 Å². The summed E-state index contributed by atoms with van der Waals surface area (Å²) in [7, 11) is 0. The molecule has 0 bridgehead atoms. The van der Waals surface area contributed by atoms with Crippen LogP contribution >= 0.6 is 0 Å². The molecule has 2 unspecified atom stereocenters. The summed E-state index contributed by atoms with van der Waals surface area (Å²) in [5.41, 5.74) is 0. The monoisotopic (exact) mass is 237 g/mol. The predicted molar refractivity (Wildman–Crippen MR) is 70.0 cm³/mol. The van der Waals surface area contributed by atoms with Crippen LogP contribution in [-0.4, -0.2) is 24.8 Å². The molecule has 2 heteroatoms. The zero-order chi connectivity index (χ0) is 11.7. The van der Waals surface area contributed by atoms with E-state index in [0.717, 1.165) is 24.5 Å². The van der Waals surface area contributed by atoms with Gasteiger partial charge in [0, 0.05) is 18.7 Å². The molecular weight excluding hydrogens is 210 g/mol. The van der Waals surface area contributed by atoms with Crippen LogP contribution in [0.3, 0.4) is 0 Å². The zero-order valence-electron chi connectivity index (χ0n) is 11.2. The molecule has 1 heterocycles. The minimum atomic E-state index is 0.555. The van der Waals surface area contributed by atoms with Crippen LogP contribution in [0.15, 0.2) is 0 Å². The molecule has 1 aliphatic heterocycles. The van der Waals surface area contributed by atoms with Crippen LogP contribution in [0.1, 0.15) is 58.3 Å². The van der Waals surface area contributed by atoms with E-state index in [9.17, 15) is 0 Å². The van der Waals surface area contributed by atoms with Crippen LogP contribution in [0.2, 0.25) is 0 Å². The van der Waals surface area contributed by atoms with Crippen molar-refractivity contribution in [3.8, 4) is 0 Å². The van der Waals surface area contributed by atoms with Crippen molar-refractivity contribution in [3.63, 3.8) is 0 Å². The van der Waals surface area contributed by atoms with Crippen LogP contribution < -0.4 is 5.32 Å². The summed E-state index contributed by atoms with van der Waals surface area (Å²) in [6.07, 6.45) is 11.7. The van der Waals surface area contributed by atoms with Gasteiger partial charge in [-0.05, 0) is 56.8 Å². The highest BCUT2D eigenvalue weighted by Crippen LogP contribution is 2.39. The standard InChI is InChI=1S/C15H27NO/c1-2-11-3-7-13(8-4-11)16-14-9-10-17-15(14)12-5-6-12/h11-16H,2-10H2,1H3. The van der Waals surface area contributed by atoms with E-state index in [0.29, 0.717) is 12.1 Å². The van der Waals surface area contributed by atoms with Crippen LogP contribution in [0.5, 0.6) is 0 Å². The second kappa shape index (κ2) is 5.27. The van der Waals surface area contributed by atoms with E-state index >= 15 is 0 Å². The highest BCUT2D eigenvalue weighted by atomic mass is 16.5. The van der Waals surface area contributed by atoms with E-state index in [1.54, 1.807) is 0 Å². The minimum Gasteiger partial charge on any atom is -0.376 e. The molecule has 2 aliphatic carbocycles. The van der Waals surface area contributed by atoms with Gasteiger partial charge in [-0.1, -0.05) is 13.3 Å². The molecule has 98 valence electrons. The smallest absolute Gasteiger partial charge is 0.0757 e. The van der Waals surface area contributed by atoms with Gasteiger partial charge in [0.1, 0.15) is 0 Å². The largest absolute Gasteiger partial charge is 0.376 e. The molecule has 0 spiro atoms. The number of ether oxygens (including phenoxy) is 1. The average Bonchev–Trinajstić information content (AvgIpc) is 3.11. The van der Waals surface area contributed by atoms with Gasteiger partial charge >= 0.3 is 0 Å². The first-order chi connectivity index (χ1) is 8.36. The molecule has 17 heavy (non-hydrogen) atoms. The van der Waals surface area contributed by atoms with Crippen molar-refractivity contribution in [1.29, 1.82) is 0 Å². The lowest BCUT2D eigenvalue weighted by atomic mass is 9.84. The Morgan fingerprint density at radius 1 is 1.00 bits per heavy atom. The first-order valence-electron chi connectivity index (χ1n) is 7.74. The fourth-order valence-corrected chi connectivity index (χ4v) is 3.72. The normalized spacial score (nSPS) is 42.9. The molecule has 1 saturated heterocycles. The maximum Gasteiger partial charge on any atom is 0.0757 e. The molecule has 3 rings (SSSR count). The third-order valence-electron chi connectivity index (χ3n) is 5.10. The predicted octanol–water partition coefficient (Wildman–Crippen LogP) is 3.11. The zero-order valence-corrected chi connectivity index (χ0v) is 11.2. The van der Waals surface area contributed by atoms with Gasteiger partial charge in [-0.2, -0.15) is 0 Å². The maximum absolute atomic E-state index is 5.91. The SMILES string of the molecule is CCC1CCC(NC2CCOC2C2CC2)CC1. The van der Waals surface area contributed by atoms with Crippen molar-refractivity contribution in [2.75, 3.05) is 6.61 Å². The lowest BCUT2D eigenvalue weighted by Gasteiger charge is -2.32. The first kappa shape index (κ1) is 12.0. The fraction of sp³-hybridized carbons (Fsp3) is 1.00. The Balaban J connectivity index is 1.46. The van der Waals surface area contributed by atoms with Gasteiger partial charge in [-0.25, -0.2) is 0 Å². The van der Waals surface area contributed by atoms with Gasteiger partial charge in [0.15, 0.2) is 0 Å². The number of nitrogens with one attached hydrogen (secondary N) is 1. The Morgan fingerprint density at radius 2 is 1.76 bits per heavy atom. The van der Waals surface area contributed by atoms with E-state index in [1.165, 1.54) is 51.4 Å². The van der Waals surface area contributed by atoms with Gasteiger partial charge in [0.2, 0.25) is 0 Å². The highest BCUT2D eigenvalue weighted by molar-refractivity contribution is 4.95. The Morgan fingerprint density at radius 3 is 2.41 bits per heavy atom. The van der Waals surface area contributed by atoms with Crippen molar-refractivity contribution in [3.05, 3.63) is 0 Å². The second-order valence-corrected chi connectivity index (χ2v) is 6.36. The molecule has 0 amide bonds. The van der Waals surface area contributed by atoms with Crippen molar-refractivity contribution in [1.82, 2.24) is 5.32 Å². The molecule has 1 N–H and O–H groups in total. The summed E-state index contributed by atoms with van der Waals surface area (Å²) in [6, 6.07) is 1.46.